The lowest BCUT2D eigenvalue weighted by Gasteiger charge is -2.23. The van der Waals surface area contributed by atoms with Crippen molar-refractivity contribution in [3.8, 4) is 0 Å². The van der Waals surface area contributed by atoms with Crippen LogP contribution in [0.3, 0.4) is 0 Å². The third-order valence-electron chi connectivity index (χ3n) is 4.03. The fraction of sp³-hybridized carbons (Fsp3) is 0.438. The molecule has 1 amide bonds. The molecule has 0 saturated carbocycles. The second-order valence-corrected chi connectivity index (χ2v) is 5.55. The van der Waals surface area contributed by atoms with Gasteiger partial charge in [-0.1, -0.05) is 12.1 Å². The summed E-state index contributed by atoms with van der Waals surface area (Å²) in [5.41, 5.74) is 2.11. The monoisotopic (exact) mass is 300 g/mol. The van der Waals surface area contributed by atoms with E-state index in [2.05, 4.69) is 32.2 Å². The first-order valence-electron chi connectivity index (χ1n) is 7.51. The third-order valence-corrected chi connectivity index (χ3v) is 4.03. The quantitative estimate of drug-likeness (QED) is 0.916. The lowest BCUT2D eigenvalue weighted by molar-refractivity contribution is -0.117. The van der Waals surface area contributed by atoms with E-state index < -0.39 is 0 Å². The number of nitrogens with one attached hydrogen (secondary N) is 1. The van der Waals surface area contributed by atoms with Crippen molar-refractivity contribution in [3.05, 3.63) is 42.0 Å². The van der Waals surface area contributed by atoms with Gasteiger partial charge in [-0.05, 0) is 24.1 Å². The van der Waals surface area contributed by atoms with E-state index in [0.29, 0.717) is 18.9 Å². The second kappa shape index (κ2) is 6.70. The topological polar surface area (TPSA) is 69.0 Å². The van der Waals surface area contributed by atoms with Gasteiger partial charge in [-0.15, -0.1) is 10.2 Å². The molecule has 6 heteroatoms. The molecule has 0 bridgehead atoms. The van der Waals surface area contributed by atoms with Gasteiger partial charge < -0.3 is 14.6 Å². The second-order valence-electron chi connectivity index (χ2n) is 5.55. The molecule has 0 aliphatic carbocycles. The molecule has 6 nitrogen and oxygen atoms in total. The van der Waals surface area contributed by atoms with Crippen LogP contribution in [0.25, 0.3) is 0 Å². The minimum Gasteiger partial charge on any atom is -0.384 e. The number of amides is 1. The molecule has 2 heterocycles. The molecule has 0 unspecified atom stereocenters. The Hall–Kier alpha value is -2.21. The standard InChI is InChI=1S/C16H20N4O2/c1-22-9-8-16(21)18-14-5-2-12(3-6-14)13-4-7-15-19-17-11-20(15)10-13/h2-3,5-6,11,13H,4,7-10H2,1H3,(H,18,21)/t13-/m1/s1. The summed E-state index contributed by atoms with van der Waals surface area (Å²) in [7, 11) is 1.59. The lowest BCUT2D eigenvalue weighted by atomic mass is 9.91. The van der Waals surface area contributed by atoms with Crippen molar-refractivity contribution in [1.82, 2.24) is 14.8 Å². The smallest absolute Gasteiger partial charge is 0.226 e. The van der Waals surface area contributed by atoms with Crippen LogP contribution in [-0.2, 0) is 22.5 Å². The van der Waals surface area contributed by atoms with Crippen LogP contribution >= 0.6 is 0 Å². The molecular formula is C16H20N4O2. The highest BCUT2D eigenvalue weighted by Gasteiger charge is 2.20. The highest BCUT2D eigenvalue weighted by Crippen LogP contribution is 2.28. The number of carbonyl (C=O) groups excluding carboxylic acids is 1. The average Bonchev–Trinajstić information content (AvgIpc) is 3.01. The van der Waals surface area contributed by atoms with Crippen molar-refractivity contribution < 1.29 is 9.53 Å². The largest absolute Gasteiger partial charge is 0.384 e. The zero-order chi connectivity index (χ0) is 15.4. The number of rotatable bonds is 5. The van der Waals surface area contributed by atoms with Crippen molar-refractivity contribution in [2.24, 2.45) is 0 Å². The van der Waals surface area contributed by atoms with Gasteiger partial charge in [0.1, 0.15) is 12.2 Å². The van der Waals surface area contributed by atoms with Gasteiger partial charge in [0, 0.05) is 31.7 Å². The van der Waals surface area contributed by atoms with E-state index in [1.165, 1.54) is 5.56 Å². The normalized spacial score (nSPS) is 17.0. The molecule has 116 valence electrons. The van der Waals surface area contributed by atoms with Crippen LogP contribution < -0.4 is 5.32 Å². The Bertz CT molecular complexity index is 636. The maximum atomic E-state index is 11.7. The molecule has 0 saturated heterocycles. The summed E-state index contributed by atoms with van der Waals surface area (Å²) in [6, 6.07) is 8.10. The van der Waals surface area contributed by atoms with Gasteiger partial charge >= 0.3 is 0 Å². The number of aryl methyl sites for hydroxylation is 1. The first-order valence-corrected chi connectivity index (χ1v) is 7.51. The molecule has 1 atom stereocenters. The number of carbonyl (C=O) groups is 1. The fourth-order valence-electron chi connectivity index (χ4n) is 2.79. The van der Waals surface area contributed by atoms with Crippen LogP contribution in [0.5, 0.6) is 0 Å². The molecule has 1 aromatic heterocycles. The van der Waals surface area contributed by atoms with Gasteiger partial charge in [-0.2, -0.15) is 0 Å². The van der Waals surface area contributed by atoms with Crippen LogP contribution in [0.1, 0.15) is 30.1 Å². The lowest BCUT2D eigenvalue weighted by Crippen LogP contribution is -2.18. The molecule has 1 N–H and O–H groups in total. The minimum absolute atomic E-state index is 0.0265. The summed E-state index contributed by atoms with van der Waals surface area (Å²) in [6.07, 6.45) is 4.21. The Kier molecular flexibility index (Phi) is 4.48. The van der Waals surface area contributed by atoms with Crippen molar-refractivity contribution in [2.75, 3.05) is 19.0 Å². The zero-order valence-electron chi connectivity index (χ0n) is 12.7. The highest BCUT2D eigenvalue weighted by atomic mass is 16.5. The number of hydrogen-bond acceptors (Lipinski definition) is 4. The third kappa shape index (κ3) is 3.33. The van der Waals surface area contributed by atoms with Gasteiger partial charge in [0.15, 0.2) is 0 Å². The van der Waals surface area contributed by atoms with E-state index in [1.54, 1.807) is 13.4 Å². The van der Waals surface area contributed by atoms with Crippen molar-refractivity contribution in [1.29, 1.82) is 0 Å². The van der Waals surface area contributed by atoms with Crippen molar-refractivity contribution in [3.63, 3.8) is 0 Å². The van der Waals surface area contributed by atoms with E-state index in [4.69, 9.17) is 4.74 Å². The summed E-state index contributed by atoms with van der Waals surface area (Å²) >= 11 is 0. The Morgan fingerprint density at radius 2 is 2.23 bits per heavy atom. The van der Waals surface area contributed by atoms with Gasteiger partial charge in [-0.25, -0.2) is 0 Å². The number of fused-ring (bicyclic) bond motifs is 1. The summed E-state index contributed by atoms with van der Waals surface area (Å²) in [6.45, 7) is 1.36. The first-order chi connectivity index (χ1) is 10.8. The number of hydrogen-bond donors (Lipinski definition) is 1. The summed E-state index contributed by atoms with van der Waals surface area (Å²) in [4.78, 5) is 11.7. The van der Waals surface area contributed by atoms with Crippen LogP contribution in [0.15, 0.2) is 30.6 Å². The Morgan fingerprint density at radius 3 is 3.00 bits per heavy atom. The van der Waals surface area contributed by atoms with E-state index in [-0.39, 0.29) is 5.91 Å². The molecule has 1 aromatic carbocycles. The predicted molar refractivity (Wildman–Crippen MR) is 82.6 cm³/mol. The number of methoxy groups -OCH3 is 1. The molecule has 1 aliphatic heterocycles. The van der Waals surface area contributed by atoms with Crippen molar-refractivity contribution in [2.45, 2.75) is 31.7 Å². The SMILES string of the molecule is COCCC(=O)Nc1ccc([C@@H]2CCc3nncn3C2)cc1. The van der Waals surface area contributed by atoms with E-state index in [0.717, 1.165) is 30.9 Å². The number of aromatic nitrogens is 3. The summed E-state index contributed by atoms with van der Waals surface area (Å²) < 4.78 is 7.02. The average molecular weight is 300 g/mol. The highest BCUT2D eigenvalue weighted by molar-refractivity contribution is 5.90. The number of nitrogens with zero attached hydrogens (tertiary/aromatic N) is 3. The first kappa shape index (κ1) is 14.7. The minimum atomic E-state index is -0.0265. The molecular weight excluding hydrogens is 280 g/mol. The number of benzene rings is 1. The summed E-state index contributed by atoms with van der Waals surface area (Å²) in [5, 5.41) is 10.9. The summed E-state index contributed by atoms with van der Waals surface area (Å²) in [5.74, 6) is 1.52. The van der Waals surface area contributed by atoms with Crippen LogP contribution in [0.2, 0.25) is 0 Å². The van der Waals surface area contributed by atoms with Gasteiger partial charge in [-0.3, -0.25) is 4.79 Å². The zero-order valence-corrected chi connectivity index (χ0v) is 12.7. The van der Waals surface area contributed by atoms with Crippen molar-refractivity contribution >= 4 is 11.6 Å². The molecule has 0 radical (unpaired) electrons. The Labute approximate surface area is 129 Å². The van der Waals surface area contributed by atoms with Crippen LogP contribution in [-0.4, -0.2) is 34.4 Å². The maximum Gasteiger partial charge on any atom is 0.226 e. The number of ether oxygens (including phenoxy) is 1. The molecule has 0 fully saturated rings. The predicted octanol–water partition coefficient (Wildman–Crippen LogP) is 1.98. The molecule has 0 spiro atoms. The van der Waals surface area contributed by atoms with E-state index in [1.807, 2.05) is 12.1 Å². The van der Waals surface area contributed by atoms with E-state index in [9.17, 15) is 4.79 Å². The molecule has 22 heavy (non-hydrogen) atoms. The molecule has 1 aliphatic rings. The Morgan fingerprint density at radius 1 is 1.41 bits per heavy atom. The van der Waals surface area contributed by atoms with E-state index >= 15 is 0 Å². The van der Waals surface area contributed by atoms with Crippen LogP contribution in [0.4, 0.5) is 5.69 Å². The van der Waals surface area contributed by atoms with Crippen LogP contribution in [0, 0.1) is 0 Å². The molecule has 2 aromatic rings. The Balaban J connectivity index is 1.61. The van der Waals surface area contributed by atoms with Gasteiger partial charge in [0.2, 0.25) is 5.91 Å². The number of anilines is 1. The van der Waals surface area contributed by atoms with Gasteiger partial charge in [0.05, 0.1) is 13.0 Å². The fourth-order valence-corrected chi connectivity index (χ4v) is 2.79. The molecule has 3 rings (SSSR count). The maximum absolute atomic E-state index is 11.7. The van der Waals surface area contributed by atoms with Gasteiger partial charge in [0.25, 0.3) is 0 Å².